The van der Waals surface area contributed by atoms with Crippen molar-refractivity contribution in [3.63, 3.8) is 0 Å². The van der Waals surface area contributed by atoms with Gasteiger partial charge in [0, 0.05) is 12.2 Å². The average Bonchev–Trinajstić information content (AvgIpc) is 2.89. The second-order valence-electron chi connectivity index (χ2n) is 6.93. The Labute approximate surface area is 170 Å². The van der Waals surface area contributed by atoms with E-state index in [-0.39, 0.29) is 24.9 Å². The van der Waals surface area contributed by atoms with Gasteiger partial charge in [-0.25, -0.2) is 4.39 Å². The third-order valence-electron chi connectivity index (χ3n) is 4.55. The highest BCUT2D eigenvalue weighted by molar-refractivity contribution is 5.94. The molecule has 1 aromatic heterocycles. The molecule has 154 valence electrons. The summed E-state index contributed by atoms with van der Waals surface area (Å²) in [4.78, 5) is 26.0. The van der Waals surface area contributed by atoms with Gasteiger partial charge in [0.15, 0.2) is 0 Å². The lowest BCUT2D eigenvalue weighted by Gasteiger charge is -2.17. The summed E-state index contributed by atoms with van der Waals surface area (Å²) in [7, 11) is 1.67. The SMILES string of the molecule is CCCNC(=O)CN(C)CC(=O)Nc1c(C#N)c(C)c(C)n1-c1cccc(F)c1. The molecule has 8 heteroatoms. The number of halogens is 1. The number of hydrogen-bond donors (Lipinski definition) is 2. The van der Waals surface area contributed by atoms with Gasteiger partial charge in [-0.2, -0.15) is 5.26 Å². The van der Waals surface area contributed by atoms with Crippen molar-refractivity contribution in [1.29, 1.82) is 5.26 Å². The van der Waals surface area contributed by atoms with Gasteiger partial charge in [-0.1, -0.05) is 13.0 Å². The number of aromatic nitrogens is 1. The fourth-order valence-electron chi connectivity index (χ4n) is 3.04. The van der Waals surface area contributed by atoms with Crippen LogP contribution in [0.25, 0.3) is 5.69 Å². The smallest absolute Gasteiger partial charge is 0.239 e. The quantitative estimate of drug-likeness (QED) is 0.714. The summed E-state index contributed by atoms with van der Waals surface area (Å²) >= 11 is 0. The Hall–Kier alpha value is -3.18. The van der Waals surface area contributed by atoms with Gasteiger partial charge in [-0.05, 0) is 51.1 Å². The topological polar surface area (TPSA) is 90.2 Å². The first-order valence-electron chi connectivity index (χ1n) is 9.41. The summed E-state index contributed by atoms with van der Waals surface area (Å²) in [6.45, 7) is 6.19. The number of nitrogens with zero attached hydrogens (tertiary/aromatic N) is 3. The normalized spacial score (nSPS) is 10.7. The van der Waals surface area contributed by atoms with Crippen molar-refractivity contribution in [2.45, 2.75) is 27.2 Å². The molecule has 2 amide bonds. The number of nitriles is 1. The van der Waals surface area contributed by atoms with Gasteiger partial charge in [0.05, 0.1) is 24.3 Å². The Balaban J connectivity index is 2.24. The van der Waals surface area contributed by atoms with E-state index in [2.05, 4.69) is 16.7 Å². The number of likely N-dealkylation sites (N-methyl/N-ethyl adjacent to an activating group) is 1. The van der Waals surface area contributed by atoms with E-state index in [0.29, 0.717) is 29.2 Å². The fraction of sp³-hybridized carbons (Fsp3) is 0.381. The molecule has 0 unspecified atom stereocenters. The Kier molecular flexibility index (Phi) is 7.51. The van der Waals surface area contributed by atoms with Crippen LogP contribution in [0.15, 0.2) is 24.3 Å². The van der Waals surface area contributed by atoms with Gasteiger partial charge in [0.1, 0.15) is 17.7 Å². The van der Waals surface area contributed by atoms with Crippen molar-refractivity contribution in [2.75, 3.05) is 32.0 Å². The molecule has 7 nitrogen and oxygen atoms in total. The monoisotopic (exact) mass is 399 g/mol. The van der Waals surface area contributed by atoms with Crippen LogP contribution in [-0.2, 0) is 9.59 Å². The van der Waals surface area contributed by atoms with Crippen molar-refractivity contribution < 1.29 is 14.0 Å². The molecule has 0 saturated heterocycles. The van der Waals surface area contributed by atoms with Crippen LogP contribution >= 0.6 is 0 Å². The van der Waals surface area contributed by atoms with Crippen LogP contribution in [0.1, 0.15) is 30.2 Å². The first-order valence-corrected chi connectivity index (χ1v) is 9.41. The zero-order chi connectivity index (χ0) is 21.6. The first kappa shape index (κ1) is 22.1. The summed E-state index contributed by atoms with van der Waals surface area (Å²) in [5.74, 6) is -0.652. The molecule has 0 radical (unpaired) electrons. The molecule has 0 saturated carbocycles. The minimum atomic E-state index is -0.415. The van der Waals surface area contributed by atoms with E-state index in [1.165, 1.54) is 12.1 Å². The standard InChI is InChI=1S/C21H26FN5O2/c1-5-9-24-19(28)12-26(4)13-20(29)25-21-18(11-23)14(2)15(3)27(21)17-8-6-7-16(22)10-17/h6-8,10H,5,9,12-13H2,1-4H3,(H,24,28)(H,25,29). The second-order valence-corrected chi connectivity index (χ2v) is 6.93. The molecular formula is C21H26FN5O2. The minimum absolute atomic E-state index is 0.0309. The second kappa shape index (κ2) is 9.85. The molecule has 2 aromatic rings. The van der Waals surface area contributed by atoms with E-state index in [1.54, 1.807) is 42.5 Å². The maximum absolute atomic E-state index is 13.7. The Bertz CT molecular complexity index is 945. The third-order valence-corrected chi connectivity index (χ3v) is 4.55. The molecular weight excluding hydrogens is 373 g/mol. The minimum Gasteiger partial charge on any atom is -0.355 e. The molecule has 0 atom stereocenters. The molecule has 1 aromatic carbocycles. The Morgan fingerprint density at radius 1 is 1.24 bits per heavy atom. The van der Waals surface area contributed by atoms with Crippen molar-refractivity contribution in [3.05, 3.63) is 46.9 Å². The third kappa shape index (κ3) is 5.42. The predicted octanol–water partition coefficient (Wildman–Crippen LogP) is 2.50. The number of rotatable bonds is 8. The van der Waals surface area contributed by atoms with E-state index >= 15 is 0 Å². The maximum atomic E-state index is 13.7. The van der Waals surface area contributed by atoms with E-state index in [0.717, 1.165) is 12.1 Å². The van der Waals surface area contributed by atoms with Gasteiger partial charge in [0.25, 0.3) is 0 Å². The van der Waals surface area contributed by atoms with Crippen molar-refractivity contribution in [1.82, 2.24) is 14.8 Å². The number of nitrogens with one attached hydrogen (secondary N) is 2. The zero-order valence-electron chi connectivity index (χ0n) is 17.2. The summed E-state index contributed by atoms with van der Waals surface area (Å²) < 4.78 is 15.4. The Morgan fingerprint density at radius 2 is 1.93 bits per heavy atom. The predicted molar refractivity (Wildman–Crippen MR) is 109 cm³/mol. The summed E-state index contributed by atoms with van der Waals surface area (Å²) in [5.41, 5.74) is 2.27. The lowest BCUT2D eigenvalue weighted by atomic mass is 10.2. The number of carbonyl (C=O) groups is 2. The number of hydrogen-bond acceptors (Lipinski definition) is 4. The van der Waals surface area contributed by atoms with Crippen LogP contribution in [-0.4, -0.2) is 48.0 Å². The maximum Gasteiger partial charge on any atom is 0.239 e. The van der Waals surface area contributed by atoms with Crippen LogP contribution in [0, 0.1) is 31.0 Å². The molecule has 2 N–H and O–H groups in total. The van der Waals surface area contributed by atoms with Crippen LogP contribution in [0.5, 0.6) is 0 Å². The molecule has 0 bridgehead atoms. The van der Waals surface area contributed by atoms with Gasteiger partial charge in [-0.3, -0.25) is 19.1 Å². The van der Waals surface area contributed by atoms with Crippen LogP contribution in [0.3, 0.4) is 0 Å². The highest BCUT2D eigenvalue weighted by Gasteiger charge is 2.21. The van der Waals surface area contributed by atoms with Crippen LogP contribution in [0.2, 0.25) is 0 Å². The molecule has 1 heterocycles. The van der Waals surface area contributed by atoms with Crippen molar-refractivity contribution >= 4 is 17.6 Å². The molecule has 0 aliphatic rings. The Morgan fingerprint density at radius 3 is 2.55 bits per heavy atom. The molecule has 0 fully saturated rings. The molecule has 29 heavy (non-hydrogen) atoms. The fourth-order valence-corrected chi connectivity index (χ4v) is 3.04. The summed E-state index contributed by atoms with van der Waals surface area (Å²) in [5, 5.41) is 15.1. The molecule has 0 aliphatic heterocycles. The largest absolute Gasteiger partial charge is 0.355 e. The lowest BCUT2D eigenvalue weighted by molar-refractivity contribution is -0.122. The van der Waals surface area contributed by atoms with Gasteiger partial charge < -0.3 is 10.6 Å². The lowest BCUT2D eigenvalue weighted by Crippen LogP contribution is -2.39. The number of anilines is 1. The molecule has 2 rings (SSSR count). The van der Waals surface area contributed by atoms with E-state index < -0.39 is 5.82 Å². The summed E-state index contributed by atoms with van der Waals surface area (Å²) in [6, 6.07) is 8.06. The molecule has 0 aliphatic carbocycles. The number of carbonyl (C=O) groups excluding carboxylic acids is 2. The van der Waals surface area contributed by atoms with E-state index in [9.17, 15) is 19.2 Å². The average molecular weight is 399 g/mol. The zero-order valence-corrected chi connectivity index (χ0v) is 17.2. The van der Waals surface area contributed by atoms with Crippen LogP contribution in [0.4, 0.5) is 10.2 Å². The highest BCUT2D eigenvalue weighted by Crippen LogP contribution is 2.30. The van der Waals surface area contributed by atoms with Crippen molar-refractivity contribution in [3.8, 4) is 11.8 Å². The highest BCUT2D eigenvalue weighted by atomic mass is 19.1. The van der Waals surface area contributed by atoms with Gasteiger partial charge in [0.2, 0.25) is 11.8 Å². The van der Waals surface area contributed by atoms with Gasteiger partial charge >= 0.3 is 0 Å². The van der Waals surface area contributed by atoms with Crippen LogP contribution < -0.4 is 10.6 Å². The first-order chi connectivity index (χ1) is 13.8. The number of benzene rings is 1. The van der Waals surface area contributed by atoms with E-state index in [4.69, 9.17) is 0 Å². The molecule has 0 spiro atoms. The van der Waals surface area contributed by atoms with Gasteiger partial charge in [-0.15, -0.1) is 0 Å². The van der Waals surface area contributed by atoms with E-state index in [1.807, 2.05) is 6.92 Å². The summed E-state index contributed by atoms with van der Waals surface area (Å²) in [6.07, 6.45) is 0.836. The number of amides is 2. The van der Waals surface area contributed by atoms with Crippen molar-refractivity contribution in [2.24, 2.45) is 0 Å².